The molecule has 0 spiro atoms. The summed E-state index contributed by atoms with van der Waals surface area (Å²) in [5, 5.41) is 0.760. The largest absolute Gasteiger partial charge is 0.496 e. The molecule has 2 aromatic carbocycles. The highest BCUT2D eigenvalue weighted by Gasteiger charge is 2.12. The summed E-state index contributed by atoms with van der Waals surface area (Å²) in [6.07, 6.45) is 0. The van der Waals surface area contributed by atoms with E-state index in [1.807, 2.05) is 45.3 Å². The van der Waals surface area contributed by atoms with Gasteiger partial charge in [-0.25, -0.2) is 0 Å². The summed E-state index contributed by atoms with van der Waals surface area (Å²) in [4.78, 5) is 2.07. The van der Waals surface area contributed by atoms with Crippen molar-refractivity contribution < 1.29 is 4.74 Å². The maximum absolute atomic E-state index is 6.38. The van der Waals surface area contributed by atoms with Gasteiger partial charge in [-0.15, -0.1) is 0 Å². The van der Waals surface area contributed by atoms with Crippen molar-refractivity contribution in [1.82, 2.24) is 0 Å². The van der Waals surface area contributed by atoms with Crippen LogP contribution in [0.2, 0.25) is 5.02 Å². The molecule has 0 aromatic heterocycles. The van der Waals surface area contributed by atoms with Crippen molar-refractivity contribution in [3.8, 4) is 16.9 Å². The Labute approximate surface area is 119 Å². The summed E-state index contributed by atoms with van der Waals surface area (Å²) in [7, 11) is 5.72. The second-order valence-electron chi connectivity index (χ2n) is 4.71. The van der Waals surface area contributed by atoms with E-state index < -0.39 is 0 Å². The average molecular weight is 276 g/mol. The lowest BCUT2D eigenvalue weighted by Gasteiger charge is -2.19. The van der Waals surface area contributed by atoms with Gasteiger partial charge in [0, 0.05) is 25.3 Å². The third-order valence-electron chi connectivity index (χ3n) is 3.16. The van der Waals surface area contributed by atoms with Gasteiger partial charge in [0.2, 0.25) is 0 Å². The first-order valence-electron chi connectivity index (χ1n) is 6.15. The number of nitrogens with zero attached hydrogens (tertiary/aromatic N) is 1. The normalized spacial score (nSPS) is 10.4. The smallest absolute Gasteiger partial charge is 0.121 e. The quantitative estimate of drug-likeness (QED) is 0.824. The third-order valence-corrected chi connectivity index (χ3v) is 3.47. The molecule has 0 fully saturated rings. The minimum atomic E-state index is 0.760. The van der Waals surface area contributed by atoms with Crippen LogP contribution in [0.25, 0.3) is 11.1 Å². The van der Waals surface area contributed by atoms with Crippen molar-refractivity contribution in [2.75, 3.05) is 26.1 Å². The Morgan fingerprint density at radius 3 is 2.42 bits per heavy atom. The molecule has 0 radical (unpaired) electrons. The molecule has 2 nitrogen and oxygen atoms in total. The third kappa shape index (κ3) is 2.69. The molecule has 19 heavy (non-hydrogen) atoms. The fraction of sp³-hybridized carbons (Fsp3) is 0.250. The number of hydrogen-bond donors (Lipinski definition) is 0. The van der Waals surface area contributed by atoms with Gasteiger partial charge in [0.1, 0.15) is 5.75 Å². The van der Waals surface area contributed by atoms with Gasteiger partial charge in [0.15, 0.2) is 0 Å². The Morgan fingerprint density at radius 1 is 1.11 bits per heavy atom. The van der Waals surface area contributed by atoms with Crippen molar-refractivity contribution in [2.24, 2.45) is 0 Å². The van der Waals surface area contributed by atoms with Gasteiger partial charge in [-0.2, -0.15) is 0 Å². The van der Waals surface area contributed by atoms with Gasteiger partial charge in [-0.05, 0) is 42.3 Å². The zero-order valence-electron chi connectivity index (χ0n) is 11.7. The summed E-state index contributed by atoms with van der Waals surface area (Å²) in [6.45, 7) is 2.04. The van der Waals surface area contributed by atoms with E-state index in [2.05, 4.69) is 17.0 Å². The standard InChI is InChI=1S/C16H18ClNO/c1-11-10-12(8-9-15(11)19-4)16-13(17)6-5-7-14(16)18(2)3/h5-10H,1-4H3. The van der Waals surface area contributed by atoms with E-state index in [4.69, 9.17) is 16.3 Å². The number of anilines is 1. The van der Waals surface area contributed by atoms with E-state index in [9.17, 15) is 0 Å². The fourth-order valence-electron chi connectivity index (χ4n) is 2.21. The van der Waals surface area contributed by atoms with E-state index in [-0.39, 0.29) is 0 Å². The molecule has 0 aliphatic rings. The maximum Gasteiger partial charge on any atom is 0.121 e. The molecular weight excluding hydrogens is 258 g/mol. The molecule has 0 saturated carbocycles. The first-order chi connectivity index (χ1) is 9.04. The molecule has 0 aliphatic heterocycles. The van der Waals surface area contributed by atoms with Crippen LogP contribution >= 0.6 is 11.6 Å². The first-order valence-corrected chi connectivity index (χ1v) is 6.53. The molecular formula is C16H18ClNO. The summed E-state index contributed by atoms with van der Waals surface area (Å²) < 4.78 is 5.30. The van der Waals surface area contributed by atoms with Gasteiger partial charge in [-0.1, -0.05) is 23.7 Å². The average Bonchev–Trinajstić information content (AvgIpc) is 2.38. The molecule has 0 aliphatic carbocycles. The Balaban J connectivity index is 2.61. The van der Waals surface area contributed by atoms with Crippen LogP contribution < -0.4 is 9.64 Å². The fourth-order valence-corrected chi connectivity index (χ4v) is 2.48. The van der Waals surface area contributed by atoms with Crippen LogP contribution in [-0.4, -0.2) is 21.2 Å². The van der Waals surface area contributed by atoms with Crippen molar-refractivity contribution in [1.29, 1.82) is 0 Å². The predicted octanol–water partition coefficient (Wildman–Crippen LogP) is 4.39. The molecule has 0 heterocycles. The summed E-state index contributed by atoms with van der Waals surface area (Å²) >= 11 is 6.38. The molecule has 0 amide bonds. The summed E-state index contributed by atoms with van der Waals surface area (Å²) in [5.74, 6) is 0.891. The molecule has 2 rings (SSSR count). The van der Waals surface area contributed by atoms with E-state index >= 15 is 0 Å². The molecule has 0 N–H and O–H groups in total. The lowest BCUT2D eigenvalue weighted by Crippen LogP contribution is -2.10. The minimum absolute atomic E-state index is 0.760. The van der Waals surface area contributed by atoms with E-state index in [1.165, 1.54) is 0 Å². The lowest BCUT2D eigenvalue weighted by molar-refractivity contribution is 0.412. The summed E-state index contributed by atoms with van der Waals surface area (Å²) in [5.41, 5.74) is 4.37. The van der Waals surface area contributed by atoms with Gasteiger partial charge in [0.05, 0.1) is 12.1 Å². The molecule has 100 valence electrons. The lowest BCUT2D eigenvalue weighted by atomic mass is 10.0. The number of halogens is 1. The van der Waals surface area contributed by atoms with Gasteiger partial charge in [0.25, 0.3) is 0 Å². The van der Waals surface area contributed by atoms with E-state index in [0.29, 0.717) is 0 Å². The van der Waals surface area contributed by atoms with Crippen molar-refractivity contribution in [3.63, 3.8) is 0 Å². The Hall–Kier alpha value is -1.67. The number of benzene rings is 2. The van der Waals surface area contributed by atoms with E-state index in [0.717, 1.165) is 33.1 Å². The maximum atomic E-state index is 6.38. The zero-order valence-corrected chi connectivity index (χ0v) is 12.5. The highest BCUT2D eigenvalue weighted by Crippen LogP contribution is 2.37. The highest BCUT2D eigenvalue weighted by atomic mass is 35.5. The highest BCUT2D eigenvalue weighted by molar-refractivity contribution is 6.34. The Kier molecular flexibility index (Phi) is 4.01. The molecule has 0 saturated heterocycles. The number of hydrogen-bond acceptors (Lipinski definition) is 2. The second-order valence-corrected chi connectivity index (χ2v) is 5.12. The predicted molar refractivity (Wildman–Crippen MR) is 82.5 cm³/mol. The minimum Gasteiger partial charge on any atom is -0.496 e. The van der Waals surface area contributed by atoms with Crippen LogP contribution in [0, 0.1) is 6.92 Å². The topological polar surface area (TPSA) is 12.5 Å². The first kappa shape index (κ1) is 13.8. The van der Waals surface area contributed by atoms with Crippen LogP contribution in [0.15, 0.2) is 36.4 Å². The van der Waals surface area contributed by atoms with E-state index in [1.54, 1.807) is 7.11 Å². The Morgan fingerprint density at radius 2 is 1.84 bits per heavy atom. The monoisotopic (exact) mass is 275 g/mol. The molecule has 3 heteroatoms. The molecule has 0 bridgehead atoms. The summed E-state index contributed by atoms with van der Waals surface area (Å²) in [6, 6.07) is 12.1. The van der Waals surface area contributed by atoms with Crippen molar-refractivity contribution in [3.05, 3.63) is 47.0 Å². The van der Waals surface area contributed by atoms with Crippen LogP contribution in [0.5, 0.6) is 5.75 Å². The second kappa shape index (κ2) is 5.54. The number of methoxy groups -OCH3 is 1. The molecule has 0 unspecified atom stereocenters. The van der Waals surface area contributed by atoms with Crippen LogP contribution in [0.1, 0.15) is 5.56 Å². The van der Waals surface area contributed by atoms with Crippen LogP contribution in [0.3, 0.4) is 0 Å². The van der Waals surface area contributed by atoms with Gasteiger partial charge < -0.3 is 9.64 Å². The van der Waals surface area contributed by atoms with Gasteiger partial charge in [-0.3, -0.25) is 0 Å². The van der Waals surface area contributed by atoms with Gasteiger partial charge >= 0.3 is 0 Å². The Bertz CT molecular complexity index is 593. The van der Waals surface area contributed by atoms with Crippen molar-refractivity contribution >= 4 is 17.3 Å². The number of ether oxygens (including phenoxy) is 1. The van der Waals surface area contributed by atoms with Crippen molar-refractivity contribution in [2.45, 2.75) is 6.92 Å². The van der Waals surface area contributed by atoms with Crippen LogP contribution in [0.4, 0.5) is 5.69 Å². The number of rotatable bonds is 3. The van der Waals surface area contributed by atoms with Crippen LogP contribution in [-0.2, 0) is 0 Å². The molecule has 2 aromatic rings. The molecule has 0 atom stereocenters. The zero-order chi connectivity index (χ0) is 14.0. The SMILES string of the molecule is COc1ccc(-c2c(Cl)cccc2N(C)C)cc1C. The number of aryl methyl sites for hydroxylation is 1.